The average molecular weight is 477 g/mol. The third-order valence-corrected chi connectivity index (χ3v) is 6.48. The van der Waals surface area contributed by atoms with Crippen LogP contribution in [0, 0.1) is 12.8 Å². The first-order chi connectivity index (χ1) is 16.9. The van der Waals surface area contributed by atoms with Crippen molar-refractivity contribution in [2.24, 2.45) is 5.92 Å². The Kier molecular flexibility index (Phi) is 7.55. The fraction of sp³-hybridized carbons (Fsp3) is 0.423. The van der Waals surface area contributed by atoms with Gasteiger partial charge in [-0.15, -0.1) is 0 Å². The van der Waals surface area contributed by atoms with Crippen molar-refractivity contribution in [1.29, 1.82) is 0 Å². The number of aromatic nitrogens is 4. The second kappa shape index (κ2) is 10.8. The van der Waals surface area contributed by atoms with Crippen molar-refractivity contribution in [2.45, 2.75) is 51.7 Å². The minimum atomic E-state index is -0.571. The highest BCUT2D eigenvalue weighted by molar-refractivity contribution is 5.90. The van der Waals surface area contributed by atoms with Gasteiger partial charge in [0, 0.05) is 30.7 Å². The summed E-state index contributed by atoms with van der Waals surface area (Å²) in [7, 11) is 0. The number of hydrogen-bond donors (Lipinski definition) is 2. The zero-order chi connectivity index (χ0) is 24.9. The van der Waals surface area contributed by atoms with Crippen molar-refractivity contribution < 1.29 is 14.7 Å². The van der Waals surface area contributed by atoms with Crippen LogP contribution in [0.3, 0.4) is 0 Å². The summed E-state index contributed by atoms with van der Waals surface area (Å²) in [6.45, 7) is 6.17. The summed E-state index contributed by atoms with van der Waals surface area (Å²) < 4.78 is 1.84. The Bertz CT molecular complexity index is 1150. The molecule has 2 aromatic heterocycles. The maximum atomic E-state index is 13.5. The third kappa shape index (κ3) is 5.40. The molecule has 3 heterocycles. The summed E-state index contributed by atoms with van der Waals surface area (Å²) >= 11 is 0. The number of benzene rings is 1. The number of carbonyl (C=O) groups is 2. The standard InChI is InChI=1S/C26H32N6O3/c1-17(2)24(31-13-18(3)29-16-31)26(35)32-10-4-5-23(32)25(34)30-22(14-33)20-8-6-19(7-9-20)21-11-27-15-28-12-21/h6-9,11-13,15-17,22-24,33H,4-5,10,14H2,1-3H3,(H,30,34)/t22-,23-,24-/m0/s1. The molecule has 1 aromatic carbocycles. The van der Waals surface area contributed by atoms with Crippen molar-refractivity contribution in [1.82, 2.24) is 29.7 Å². The molecule has 3 aromatic rings. The first-order valence-corrected chi connectivity index (χ1v) is 12.0. The van der Waals surface area contributed by atoms with Crippen LogP contribution in [0.15, 0.2) is 55.5 Å². The Labute approximate surface area is 205 Å². The fourth-order valence-electron chi connectivity index (χ4n) is 4.68. The lowest BCUT2D eigenvalue weighted by Gasteiger charge is -2.31. The second-order valence-corrected chi connectivity index (χ2v) is 9.33. The number of aliphatic hydroxyl groups excluding tert-OH is 1. The summed E-state index contributed by atoms with van der Waals surface area (Å²) in [4.78, 5) is 40.8. The van der Waals surface area contributed by atoms with Gasteiger partial charge < -0.3 is 19.9 Å². The topological polar surface area (TPSA) is 113 Å². The number of imidazole rings is 1. The molecule has 1 fully saturated rings. The summed E-state index contributed by atoms with van der Waals surface area (Å²) in [5, 5.41) is 13.0. The van der Waals surface area contributed by atoms with Crippen molar-refractivity contribution in [2.75, 3.05) is 13.2 Å². The molecular weight excluding hydrogens is 444 g/mol. The lowest BCUT2D eigenvalue weighted by molar-refractivity contribution is -0.142. The van der Waals surface area contributed by atoms with Crippen LogP contribution in [0.2, 0.25) is 0 Å². The number of nitrogens with one attached hydrogen (secondary N) is 1. The van der Waals surface area contributed by atoms with Gasteiger partial charge in [-0.1, -0.05) is 38.1 Å². The molecule has 0 unspecified atom stereocenters. The number of aliphatic hydroxyl groups is 1. The molecule has 1 aliphatic rings. The molecule has 0 bridgehead atoms. The predicted molar refractivity (Wildman–Crippen MR) is 131 cm³/mol. The number of aryl methyl sites for hydroxylation is 1. The molecule has 0 saturated carbocycles. The van der Waals surface area contributed by atoms with E-state index in [2.05, 4.69) is 20.3 Å². The number of carbonyl (C=O) groups excluding carboxylic acids is 2. The number of hydrogen-bond acceptors (Lipinski definition) is 6. The monoisotopic (exact) mass is 476 g/mol. The van der Waals surface area contributed by atoms with Gasteiger partial charge in [0.05, 0.1) is 24.7 Å². The molecule has 1 aliphatic heterocycles. The SMILES string of the molecule is Cc1cn([C@H](C(=O)N2CCC[C@H]2C(=O)N[C@@H](CO)c2ccc(-c3cncnc3)cc2)C(C)C)cn1. The molecule has 4 rings (SSSR count). The van der Waals surface area contributed by atoms with Gasteiger partial charge in [0.2, 0.25) is 11.8 Å². The zero-order valence-electron chi connectivity index (χ0n) is 20.3. The molecule has 2 amide bonds. The van der Waals surface area contributed by atoms with Gasteiger partial charge >= 0.3 is 0 Å². The van der Waals surface area contributed by atoms with Crippen LogP contribution >= 0.6 is 0 Å². The van der Waals surface area contributed by atoms with Crippen molar-refractivity contribution in [3.8, 4) is 11.1 Å². The Morgan fingerprint density at radius 1 is 1.14 bits per heavy atom. The molecule has 9 nitrogen and oxygen atoms in total. The highest BCUT2D eigenvalue weighted by Gasteiger charge is 2.39. The normalized spacial score (nSPS) is 17.4. The first kappa shape index (κ1) is 24.5. The maximum Gasteiger partial charge on any atom is 0.246 e. The quantitative estimate of drug-likeness (QED) is 0.517. The molecule has 3 atom stereocenters. The van der Waals surface area contributed by atoms with Crippen LogP contribution in [-0.2, 0) is 9.59 Å². The van der Waals surface area contributed by atoms with Crippen LogP contribution in [0.25, 0.3) is 11.1 Å². The largest absolute Gasteiger partial charge is 0.394 e. The van der Waals surface area contributed by atoms with Crippen LogP contribution in [0.4, 0.5) is 0 Å². The molecule has 2 N–H and O–H groups in total. The van der Waals surface area contributed by atoms with Gasteiger partial charge in [0.15, 0.2) is 0 Å². The van der Waals surface area contributed by atoms with Crippen LogP contribution in [0.1, 0.15) is 50.0 Å². The van der Waals surface area contributed by atoms with Crippen LogP contribution in [0.5, 0.6) is 0 Å². The van der Waals surface area contributed by atoms with E-state index in [4.69, 9.17) is 0 Å². The third-order valence-electron chi connectivity index (χ3n) is 6.48. The molecule has 9 heteroatoms. The molecule has 0 spiro atoms. The molecular formula is C26H32N6O3. The van der Waals surface area contributed by atoms with E-state index in [1.54, 1.807) is 23.6 Å². The Morgan fingerprint density at radius 3 is 2.46 bits per heavy atom. The van der Waals surface area contributed by atoms with E-state index >= 15 is 0 Å². The highest BCUT2D eigenvalue weighted by atomic mass is 16.3. The Hall–Kier alpha value is -3.59. The van der Waals surface area contributed by atoms with E-state index in [9.17, 15) is 14.7 Å². The summed E-state index contributed by atoms with van der Waals surface area (Å²) in [6, 6.07) is 6.01. The number of nitrogens with zero attached hydrogens (tertiary/aromatic N) is 5. The molecule has 1 saturated heterocycles. The van der Waals surface area contributed by atoms with E-state index in [0.717, 1.165) is 28.8 Å². The van der Waals surface area contributed by atoms with E-state index in [-0.39, 0.29) is 24.3 Å². The van der Waals surface area contributed by atoms with E-state index in [1.807, 2.05) is 55.8 Å². The fourth-order valence-corrected chi connectivity index (χ4v) is 4.68. The summed E-state index contributed by atoms with van der Waals surface area (Å²) in [5.41, 5.74) is 3.46. The van der Waals surface area contributed by atoms with Gasteiger partial charge in [-0.2, -0.15) is 0 Å². The van der Waals surface area contributed by atoms with Crippen LogP contribution in [-0.4, -0.2) is 60.5 Å². The van der Waals surface area contributed by atoms with E-state index in [0.29, 0.717) is 13.0 Å². The van der Waals surface area contributed by atoms with Gasteiger partial charge in [-0.3, -0.25) is 9.59 Å². The summed E-state index contributed by atoms with van der Waals surface area (Å²) in [5.74, 6) is -0.288. The predicted octanol–water partition coefficient (Wildman–Crippen LogP) is 2.69. The second-order valence-electron chi connectivity index (χ2n) is 9.33. The Morgan fingerprint density at radius 2 is 1.86 bits per heavy atom. The van der Waals surface area contributed by atoms with Gasteiger partial charge in [-0.05, 0) is 36.8 Å². The van der Waals surface area contributed by atoms with E-state index < -0.39 is 18.1 Å². The molecule has 0 aliphatic carbocycles. The maximum absolute atomic E-state index is 13.5. The summed E-state index contributed by atoms with van der Waals surface area (Å²) in [6.07, 6.45) is 9.83. The molecule has 0 radical (unpaired) electrons. The lowest BCUT2D eigenvalue weighted by atomic mass is 10.0. The lowest BCUT2D eigenvalue weighted by Crippen LogP contribution is -2.49. The van der Waals surface area contributed by atoms with Crippen molar-refractivity contribution in [3.63, 3.8) is 0 Å². The molecule has 35 heavy (non-hydrogen) atoms. The number of rotatable bonds is 8. The molecule has 184 valence electrons. The minimum absolute atomic E-state index is 0.0409. The van der Waals surface area contributed by atoms with Crippen molar-refractivity contribution in [3.05, 3.63) is 66.8 Å². The number of likely N-dealkylation sites (tertiary alicyclic amines) is 1. The Balaban J connectivity index is 1.47. The smallest absolute Gasteiger partial charge is 0.246 e. The van der Waals surface area contributed by atoms with Gasteiger partial charge in [0.1, 0.15) is 18.4 Å². The number of amides is 2. The van der Waals surface area contributed by atoms with Crippen LogP contribution < -0.4 is 5.32 Å². The highest BCUT2D eigenvalue weighted by Crippen LogP contribution is 2.27. The van der Waals surface area contributed by atoms with Gasteiger partial charge in [-0.25, -0.2) is 15.0 Å². The zero-order valence-corrected chi connectivity index (χ0v) is 20.3. The average Bonchev–Trinajstić information content (AvgIpc) is 3.52. The van der Waals surface area contributed by atoms with Gasteiger partial charge in [0.25, 0.3) is 0 Å². The van der Waals surface area contributed by atoms with E-state index in [1.165, 1.54) is 6.33 Å². The first-order valence-electron chi connectivity index (χ1n) is 12.0. The minimum Gasteiger partial charge on any atom is -0.394 e. The van der Waals surface area contributed by atoms with Crippen molar-refractivity contribution >= 4 is 11.8 Å².